The molecule has 2 aromatic rings. The number of oxazole rings is 1. The van der Waals surface area contributed by atoms with Crippen LogP contribution in [-0.2, 0) is 6.54 Å². The molecule has 0 spiro atoms. The molecular formula is C8H6BrFN2O. The second-order valence-corrected chi connectivity index (χ2v) is 3.40. The van der Waals surface area contributed by atoms with Gasteiger partial charge in [0.15, 0.2) is 5.58 Å². The van der Waals surface area contributed by atoms with Crippen molar-refractivity contribution in [2.75, 3.05) is 0 Å². The van der Waals surface area contributed by atoms with Crippen LogP contribution in [0.1, 0.15) is 5.89 Å². The predicted molar refractivity (Wildman–Crippen MR) is 49.6 cm³/mol. The summed E-state index contributed by atoms with van der Waals surface area (Å²) in [5.74, 6) is 0.0533. The quantitative estimate of drug-likeness (QED) is 0.837. The Morgan fingerprint density at radius 2 is 2.31 bits per heavy atom. The summed E-state index contributed by atoms with van der Waals surface area (Å²) < 4.78 is 18.7. The third-order valence-corrected chi connectivity index (χ3v) is 2.22. The minimum atomic E-state index is -0.351. The first kappa shape index (κ1) is 8.65. The molecule has 13 heavy (non-hydrogen) atoms. The summed E-state index contributed by atoms with van der Waals surface area (Å²) in [6.45, 7) is 0.211. The lowest BCUT2D eigenvalue weighted by atomic mass is 10.3. The number of fused-ring (bicyclic) bond motifs is 1. The van der Waals surface area contributed by atoms with Crippen molar-refractivity contribution in [2.24, 2.45) is 5.73 Å². The van der Waals surface area contributed by atoms with Gasteiger partial charge in [-0.3, -0.25) is 0 Å². The molecule has 0 saturated heterocycles. The van der Waals surface area contributed by atoms with Crippen LogP contribution in [0.4, 0.5) is 4.39 Å². The molecular weight excluding hydrogens is 239 g/mol. The lowest BCUT2D eigenvalue weighted by Crippen LogP contribution is -1.94. The minimum Gasteiger partial charge on any atom is -0.438 e. The molecule has 68 valence electrons. The van der Waals surface area contributed by atoms with E-state index in [-0.39, 0.29) is 12.4 Å². The van der Waals surface area contributed by atoms with Crippen LogP contribution in [0.5, 0.6) is 0 Å². The van der Waals surface area contributed by atoms with E-state index < -0.39 is 0 Å². The Labute approximate surface area is 81.9 Å². The Hall–Kier alpha value is -0.940. The molecule has 1 aromatic heterocycles. The van der Waals surface area contributed by atoms with Gasteiger partial charge in [0.2, 0.25) is 5.89 Å². The monoisotopic (exact) mass is 244 g/mol. The summed E-state index contributed by atoms with van der Waals surface area (Å²) >= 11 is 3.18. The van der Waals surface area contributed by atoms with Gasteiger partial charge in [0.25, 0.3) is 0 Å². The third-order valence-electron chi connectivity index (χ3n) is 1.63. The number of nitrogens with two attached hydrogens (primary N) is 1. The molecule has 1 heterocycles. The standard InChI is InChI=1S/C8H6BrFN2O/c9-5-1-4(10)2-6-8(5)13-7(3-11)12-6/h1-2H,3,11H2. The molecule has 0 aliphatic heterocycles. The summed E-state index contributed by atoms with van der Waals surface area (Å²) in [4.78, 5) is 3.99. The number of benzene rings is 1. The zero-order valence-corrected chi connectivity index (χ0v) is 8.14. The van der Waals surface area contributed by atoms with Gasteiger partial charge >= 0.3 is 0 Å². The molecule has 0 bridgehead atoms. The molecule has 2 N–H and O–H groups in total. The molecule has 0 aliphatic carbocycles. The zero-order chi connectivity index (χ0) is 9.42. The highest BCUT2D eigenvalue weighted by Crippen LogP contribution is 2.25. The average molecular weight is 245 g/mol. The maximum absolute atomic E-state index is 12.9. The van der Waals surface area contributed by atoms with Crippen molar-refractivity contribution in [2.45, 2.75) is 6.54 Å². The smallest absolute Gasteiger partial charge is 0.209 e. The van der Waals surface area contributed by atoms with E-state index in [4.69, 9.17) is 10.2 Å². The van der Waals surface area contributed by atoms with Gasteiger partial charge < -0.3 is 10.2 Å². The van der Waals surface area contributed by atoms with Crippen LogP contribution >= 0.6 is 15.9 Å². The van der Waals surface area contributed by atoms with Crippen molar-refractivity contribution >= 4 is 27.0 Å². The number of nitrogens with zero attached hydrogens (tertiary/aromatic N) is 1. The molecule has 2 rings (SSSR count). The Morgan fingerprint density at radius 1 is 1.54 bits per heavy atom. The summed E-state index contributed by atoms with van der Waals surface area (Å²) in [6, 6.07) is 2.64. The van der Waals surface area contributed by atoms with Crippen LogP contribution in [0.25, 0.3) is 11.1 Å². The number of halogens is 2. The highest BCUT2D eigenvalue weighted by Gasteiger charge is 2.09. The molecule has 0 aliphatic rings. The van der Waals surface area contributed by atoms with Crippen molar-refractivity contribution in [3.8, 4) is 0 Å². The fourth-order valence-corrected chi connectivity index (χ4v) is 1.60. The van der Waals surface area contributed by atoms with Gasteiger partial charge in [-0.1, -0.05) is 0 Å². The van der Waals surface area contributed by atoms with Gasteiger partial charge in [0.05, 0.1) is 11.0 Å². The van der Waals surface area contributed by atoms with Crippen LogP contribution in [0, 0.1) is 5.82 Å². The fourth-order valence-electron chi connectivity index (χ4n) is 1.09. The first-order valence-corrected chi connectivity index (χ1v) is 4.44. The number of aromatic nitrogens is 1. The fraction of sp³-hybridized carbons (Fsp3) is 0.125. The predicted octanol–water partition coefficient (Wildman–Crippen LogP) is 2.19. The molecule has 1 aromatic carbocycles. The van der Waals surface area contributed by atoms with E-state index in [1.54, 1.807) is 0 Å². The van der Waals surface area contributed by atoms with Gasteiger partial charge in [0, 0.05) is 6.07 Å². The van der Waals surface area contributed by atoms with Gasteiger partial charge in [-0.15, -0.1) is 0 Å². The second-order valence-electron chi connectivity index (χ2n) is 2.55. The average Bonchev–Trinajstić information content (AvgIpc) is 2.47. The van der Waals surface area contributed by atoms with Crippen molar-refractivity contribution in [3.63, 3.8) is 0 Å². The van der Waals surface area contributed by atoms with Crippen LogP contribution in [0.15, 0.2) is 21.0 Å². The van der Waals surface area contributed by atoms with E-state index in [1.807, 2.05) is 0 Å². The Balaban J connectivity index is 2.75. The van der Waals surface area contributed by atoms with E-state index in [9.17, 15) is 4.39 Å². The van der Waals surface area contributed by atoms with Crippen LogP contribution in [0.2, 0.25) is 0 Å². The molecule has 3 nitrogen and oxygen atoms in total. The lowest BCUT2D eigenvalue weighted by Gasteiger charge is -1.90. The summed E-state index contributed by atoms with van der Waals surface area (Å²) in [5.41, 5.74) is 6.34. The summed E-state index contributed by atoms with van der Waals surface area (Å²) in [7, 11) is 0. The molecule has 0 radical (unpaired) electrons. The Morgan fingerprint density at radius 3 is 3.00 bits per heavy atom. The maximum atomic E-state index is 12.9. The van der Waals surface area contributed by atoms with Crippen LogP contribution in [-0.4, -0.2) is 4.98 Å². The van der Waals surface area contributed by atoms with E-state index >= 15 is 0 Å². The van der Waals surface area contributed by atoms with Crippen LogP contribution < -0.4 is 5.73 Å². The highest BCUT2D eigenvalue weighted by atomic mass is 79.9. The molecule has 0 fully saturated rings. The number of hydrogen-bond acceptors (Lipinski definition) is 3. The van der Waals surface area contributed by atoms with Crippen molar-refractivity contribution in [3.05, 3.63) is 28.3 Å². The maximum Gasteiger partial charge on any atom is 0.209 e. The van der Waals surface area contributed by atoms with E-state index in [1.165, 1.54) is 12.1 Å². The van der Waals surface area contributed by atoms with E-state index in [0.29, 0.717) is 21.5 Å². The summed E-state index contributed by atoms with van der Waals surface area (Å²) in [6.07, 6.45) is 0. The second kappa shape index (κ2) is 3.08. The zero-order valence-electron chi connectivity index (χ0n) is 6.55. The third kappa shape index (κ3) is 1.45. The van der Waals surface area contributed by atoms with Crippen molar-refractivity contribution < 1.29 is 8.81 Å². The van der Waals surface area contributed by atoms with Crippen molar-refractivity contribution in [1.29, 1.82) is 0 Å². The largest absolute Gasteiger partial charge is 0.438 e. The molecule has 0 saturated carbocycles. The lowest BCUT2D eigenvalue weighted by molar-refractivity contribution is 0.531. The van der Waals surface area contributed by atoms with Gasteiger partial charge in [-0.25, -0.2) is 9.37 Å². The first-order valence-electron chi connectivity index (χ1n) is 3.65. The first-order chi connectivity index (χ1) is 6.20. The number of rotatable bonds is 1. The SMILES string of the molecule is NCc1nc2cc(F)cc(Br)c2o1. The summed E-state index contributed by atoms with van der Waals surface area (Å²) in [5, 5.41) is 0. The van der Waals surface area contributed by atoms with Crippen LogP contribution in [0.3, 0.4) is 0 Å². The highest BCUT2D eigenvalue weighted by molar-refractivity contribution is 9.10. The number of hydrogen-bond donors (Lipinski definition) is 1. The van der Waals surface area contributed by atoms with Gasteiger partial charge in [0.1, 0.15) is 11.3 Å². The normalized spacial score (nSPS) is 11.0. The van der Waals surface area contributed by atoms with E-state index in [0.717, 1.165) is 0 Å². The van der Waals surface area contributed by atoms with Gasteiger partial charge in [-0.2, -0.15) is 0 Å². The molecule has 0 unspecified atom stereocenters. The molecule has 5 heteroatoms. The van der Waals surface area contributed by atoms with Gasteiger partial charge in [-0.05, 0) is 22.0 Å². The minimum absolute atomic E-state index is 0.211. The van der Waals surface area contributed by atoms with E-state index in [2.05, 4.69) is 20.9 Å². The molecule has 0 atom stereocenters. The Bertz CT molecular complexity index is 455. The molecule has 0 amide bonds. The van der Waals surface area contributed by atoms with Crippen molar-refractivity contribution in [1.82, 2.24) is 4.98 Å². The topological polar surface area (TPSA) is 52.0 Å². The Kier molecular flexibility index (Phi) is 2.05.